The maximum atomic E-state index is 12.3. The van der Waals surface area contributed by atoms with Crippen LogP contribution in [-0.4, -0.2) is 180 Å². The first-order chi connectivity index (χ1) is 49.4. The molecule has 2 amide bonds. The third-order valence-electron chi connectivity index (χ3n) is 16.9. The molecule has 103 heavy (non-hydrogen) atoms. The average Bonchev–Trinajstić information content (AvgIpc) is 1.63. The van der Waals surface area contributed by atoms with Crippen LogP contribution in [0, 0.1) is 34.0 Å². The number of nitriles is 3. The van der Waals surface area contributed by atoms with E-state index in [2.05, 4.69) is 79.3 Å². The Balaban J connectivity index is 0.000000174. The first kappa shape index (κ1) is 78.2. The van der Waals surface area contributed by atoms with Gasteiger partial charge in [-0.25, -0.2) is 34.9 Å². The smallest absolute Gasteiger partial charge is 0.480 e. The lowest BCUT2D eigenvalue weighted by atomic mass is 9.78. The normalized spacial score (nSPS) is 15.3. The van der Waals surface area contributed by atoms with Gasteiger partial charge in [-0.05, 0) is 132 Å². The summed E-state index contributed by atoms with van der Waals surface area (Å²) in [5.74, 6) is 1.89. The molecule has 0 bridgehead atoms. The summed E-state index contributed by atoms with van der Waals surface area (Å²) in [6.45, 7) is 12.6. The number of methoxy groups -OCH3 is 2. The maximum absolute atomic E-state index is 12.3. The summed E-state index contributed by atoms with van der Waals surface area (Å²) in [5, 5.41) is 42.8. The molecule has 538 valence electrons. The number of amides is 2. The van der Waals surface area contributed by atoms with Crippen molar-refractivity contribution in [3.63, 3.8) is 0 Å². The molecule has 28 nitrogen and oxygen atoms in total. The third kappa shape index (κ3) is 22.2. The quantitative estimate of drug-likeness (QED) is 0.0315. The first-order valence-electron chi connectivity index (χ1n) is 33.0. The zero-order valence-electron chi connectivity index (χ0n) is 59.2. The van der Waals surface area contributed by atoms with Crippen LogP contribution >= 0.6 is 23.2 Å². The molecule has 4 saturated heterocycles. The van der Waals surface area contributed by atoms with Gasteiger partial charge in [0.1, 0.15) is 81.9 Å². The fraction of sp³-hybridized carbons (Fsp3) is 0.375. The molecule has 5 aromatic heterocycles. The molecule has 9 heterocycles. The number of pyridine rings is 2. The highest BCUT2D eigenvalue weighted by atomic mass is 35.5. The van der Waals surface area contributed by atoms with E-state index in [0.717, 1.165) is 112 Å². The van der Waals surface area contributed by atoms with Gasteiger partial charge in [-0.2, -0.15) is 20.8 Å². The van der Waals surface area contributed by atoms with Gasteiger partial charge in [0.25, 0.3) is 11.8 Å². The zero-order chi connectivity index (χ0) is 74.2. The Hall–Kier alpha value is -10.5. The van der Waals surface area contributed by atoms with Gasteiger partial charge in [0.2, 0.25) is 11.8 Å². The average molecular weight is 1440 g/mol. The molecule has 8 aromatic rings. The Morgan fingerprint density at radius 2 is 0.932 bits per heavy atom. The first-order valence-corrected chi connectivity index (χ1v) is 33.8. The number of rotatable bonds is 15. The SMILES string of the molecule is CC1(C)OB(c2ccc(NC3CCOCC3)c(C#N)c2)OC1(C)C.COc1nc(Cl)ccc1C(=O)N(C)C.COc1nc(Nc2cc(-c3ccc(NC4CCOCC4)c(C#N)c3)ncn2)ccc1C(=O)N(C)C.N#Cc1cc(-c2cc(N)ncn2)ccc1NC1CCOCC1.Nc1cc(Cl)ncn1. The second-order valence-electron chi connectivity index (χ2n) is 25.2. The van der Waals surface area contributed by atoms with Crippen LogP contribution in [0.25, 0.3) is 22.5 Å². The molecule has 31 heteroatoms. The molecule has 0 radical (unpaired) electrons. The fourth-order valence-corrected chi connectivity index (χ4v) is 10.9. The number of nitrogens with one attached hydrogen (secondary N) is 4. The molecule has 0 saturated carbocycles. The van der Waals surface area contributed by atoms with Crippen molar-refractivity contribution in [2.45, 2.75) is 95.5 Å². The summed E-state index contributed by atoms with van der Waals surface area (Å²) < 4.78 is 38.5. The Morgan fingerprint density at radius 1 is 0.515 bits per heavy atom. The van der Waals surface area contributed by atoms with Crippen LogP contribution in [0.1, 0.15) is 104 Å². The van der Waals surface area contributed by atoms with Crippen LogP contribution < -0.4 is 47.7 Å². The van der Waals surface area contributed by atoms with Crippen LogP contribution in [0.4, 0.5) is 40.3 Å². The molecular formula is C72H84BCl2N19O9. The number of nitrogens with zero attached hydrogens (tertiary/aromatic N) is 13. The molecule has 4 aliphatic rings. The number of nitrogens with two attached hydrogens (primary N) is 2. The van der Waals surface area contributed by atoms with Crippen LogP contribution in [0.2, 0.25) is 10.3 Å². The maximum Gasteiger partial charge on any atom is 0.494 e. The van der Waals surface area contributed by atoms with Gasteiger partial charge < -0.3 is 75.5 Å². The van der Waals surface area contributed by atoms with Gasteiger partial charge in [-0.15, -0.1) is 0 Å². The van der Waals surface area contributed by atoms with E-state index in [1.54, 1.807) is 64.6 Å². The molecular weight excluding hydrogens is 1360 g/mol. The van der Waals surface area contributed by atoms with E-state index in [1.807, 2.05) is 82.3 Å². The lowest BCUT2D eigenvalue weighted by Gasteiger charge is -2.32. The van der Waals surface area contributed by atoms with Crippen molar-refractivity contribution in [2.75, 3.05) is 115 Å². The number of halogens is 2. The van der Waals surface area contributed by atoms with Gasteiger partial charge in [0.05, 0.1) is 70.6 Å². The van der Waals surface area contributed by atoms with Crippen LogP contribution in [-0.2, 0) is 23.5 Å². The van der Waals surface area contributed by atoms with Crippen LogP contribution in [0.15, 0.2) is 116 Å². The second-order valence-corrected chi connectivity index (χ2v) is 26.0. The van der Waals surface area contributed by atoms with E-state index in [0.29, 0.717) is 90.9 Å². The van der Waals surface area contributed by atoms with Gasteiger partial charge in [0, 0.05) is 115 Å². The second kappa shape index (κ2) is 37.4. The van der Waals surface area contributed by atoms with Gasteiger partial charge in [-0.3, -0.25) is 9.59 Å². The van der Waals surface area contributed by atoms with E-state index < -0.39 is 7.12 Å². The van der Waals surface area contributed by atoms with Crippen molar-refractivity contribution in [3.05, 3.63) is 154 Å². The molecule has 0 unspecified atom stereocenters. The minimum absolute atomic E-state index is 0.161. The van der Waals surface area contributed by atoms with E-state index in [4.69, 9.17) is 67.7 Å². The monoisotopic (exact) mass is 1440 g/mol. The minimum atomic E-state index is -0.445. The van der Waals surface area contributed by atoms with Crippen molar-refractivity contribution in [1.29, 1.82) is 15.8 Å². The standard InChI is InChI=1S/C25H27N7O3.C18H25BN2O3.C16H17N5O.C9H11ClN2O2.C4H4ClN3/c1-32(2)25(33)19-5-7-22(31-24(19)34-3)30-23-13-21(27-15-28-23)16-4-6-20(17(12-16)14-26)29-18-8-10-35-11-9-18;1-17(2)18(3,4)24-19(23-17)14-5-6-16(13(11-14)12-20)21-15-7-9-22-10-8-15;17-9-12-7-11(15-8-16(18)20-10-19-15)1-2-14(12)21-13-3-5-22-6-4-13;1-12(2)9(13)6-4-5-7(10)11-8(6)14-3;5-3-1-4(6)8-2-7-3/h4-7,12-13,15,18,29H,8-11H2,1-3H3,(H,27,28,30,31);5-6,11,15,21H,7-10H2,1-4H3;1-2,7-8,10,13,21H,3-6H2,(H2,18,19,20);4-5H,1-3H3;1-2H,(H2,6,7,8). The summed E-state index contributed by atoms with van der Waals surface area (Å²) in [6, 6.07) is 36.4. The Kier molecular flexibility index (Phi) is 28.4. The number of hydrogen-bond donors (Lipinski definition) is 6. The number of hydrogen-bond acceptors (Lipinski definition) is 26. The predicted octanol–water partition coefficient (Wildman–Crippen LogP) is 10.2. The molecule has 0 spiro atoms. The molecule has 3 aromatic carbocycles. The van der Waals surface area contributed by atoms with Crippen LogP contribution in [0.5, 0.6) is 11.8 Å². The lowest BCUT2D eigenvalue weighted by Crippen LogP contribution is -2.41. The highest BCUT2D eigenvalue weighted by Crippen LogP contribution is 2.37. The predicted molar refractivity (Wildman–Crippen MR) is 395 cm³/mol. The number of carbonyl (C=O) groups excluding carboxylic acids is 2. The zero-order valence-corrected chi connectivity index (χ0v) is 60.7. The Bertz CT molecular complexity index is 4300. The molecule has 4 aliphatic heterocycles. The van der Waals surface area contributed by atoms with Crippen molar-refractivity contribution in [3.8, 4) is 52.5 Å². The largest absolute Gasteiger partial charge is 0.494 e. The van der Waals surface area contributed by atoms with Crippen LogP contribution in [0.3, 0.4) is 0 Å². The molecule has 4 fully saturated rings. The summed E-state index contributed by atoms with van der Waals surface area (Å²) in [4.78, 5) is 59.1. The van der Waals surface area contributed by atoms with E-state index in [-0.39, 0.29) is 34.8 Å². The van der Waals surface area contributed by atoms with Crippen molar-refractivity contribution >= 4 is 87.9 Å². The fourth-order valence-electron chi connectivity index (χ4n) is 10.6. The molecule has 0 atom stereocenters. The van der Waals surface area contributed by atoms with E-state index in [1.165, 1.54) is 49.1 Å². The lowest BCUT2D eigenvalue weighted by molar-refractivity contribution is 0.00578. The highest BCUT2D eigenvalue weighted by molar-refractivity contribution is 6.62. The van der Waals surface area contributed by atoms with E-state index >= 15 is 0 Å². The number of carbonyl (C=O) groups is 2. The third-order valence-corrected chi connectivity index (χ3v) is 17.3. The van der Waals surface area contributed by atoms with Crippen molar-refractivity contribution in [1.82, 2.24) is 49.7 Å². The molecule has 12 rings (SSSR count). The molecule has 8 N–H and O–H groups in total. The van der Waals surface area contributed by atoms with Gasteiger partial charge in [-0.1, -0.05) is 41.4 Å². The van der Waals surface area contributed by atoms with Crippen molar-refractivity contribution in [2.24, 2.45) is 0 Å². The highest BCUT2D eigenvalue weighted by Gasteiger charge is 2.52. The number of benzene rings is 3. The number of ether oxygens (including phenoxy) is 5. The summed E-state index contributed by atoms with van der Waals surface area (Å²) in [7, 11) is 9.13. The minimum Gasteiger partial charge on any atom is -0.480 e. The Morgan fingerprint density at radius 3 is 1.36 bits per heavy atom. The molecule has 0 aliphatic carbocycles. The van der Waals surface area contributed by atoms with Gasteiger partial charge in [0.15, 0.2) is 0 Å². The van der Waals surface area contributed by atoms with Gasteiger partial charge >= 0.3 is 7.12 Å². The number of aromatic nitrogens is 8. The number of anilines is 7. The summed E-state index contributed by atoms with van der Waals surface area (Å²) in [6.07, 6.45) is 9.84. The summed E-state index contributed by atoms with van der Waals surface area (Å²) >= 11 is 11.1. The Labute approximate surface area is 609 Å². The van der Waals surface area contributed by atoms with E-state index in [9.17, 15) is 25.4 Å². The summed E-state index contributed by atoms with van der Waals surface area (Å²) in [5.41, 5.74) is 19.1. The van der Waals surface area contributed by atoms with Crippen molar-refractivity contribution < 1.29 is 42.6 Å². The topological polar surface area (TPSA) is 380 Å². The number of nitrogen functional groups attached to an aromatic ring is 2.